The van der Waals surface area contributed by atoms with Crippen molar-refractivity contribution in [2.75, 3.05) is 5.73 Å². The van der Waals surface area contributed by atoms with Gasteiger partial charge in [0.25, 0.3) is 0 Å². The van der Waals surface area contributed by atoms with Gasteiger partial charge in [0, 0.05) is 23.8 Å². The Kier molecular flexibility index (Phi) is 3.69. The SMILES string of the molecule is CC(C)(C)NC(=O)N(Cc1ccc(N)cc1)C1CC1. The molecule has 0 spiro atoms. The summed E-state index contributed by atoms with van der Waals surface area (Å²) in [5, 5.41) is 3.03. The molecular weight excluding hydrogens is 238 g/mol. The van der Waals surface area contributed by atoms with Gasteiger partial charge in [0.1, 0.15) is 0 Å². The van der Waals surface area contributed by atoms with Gasteiger partial charge in [0.2, 0.25) is 0 Å². The van der Waals surface area contributed by atoms with Crippen LogP contribution in [0.25, 0.3) is 0 Å². The van der Waals surface area contributed by atoms with Crippen molar-refractivity contribution >= 4 is 11.7 Å². The molecule has 2 rings (SSSR count). The highest BCUT2D eigenvalue weighted by Crippen LogP contribution is 2.28. The van der Waals surface area contributed by atoms with Crippen LogP contribution in [0, 0.1) is 0 Å². The standard InChI is InChI=1S/C15H23N3O/c1-15(2,3)17-14(19)18(13-8-9-13)10-11-4-6-12(16)7-5-11/h4-7,13H,8-10,16H2,1-3H3,(H,17,19). The van der Waals surface area contributed by atoms with E-state index >= 15 is 0 Å². The lowest BCUT2D eigenvalue weighted by molar-refractivity contribution is 0.183. The second-order valence-corrected chi connectivity index (χ2v) is 6.28. The van der Waals surface area contributed by atoms with Crippen LogP contribution in [-0.4, -0.2) is 22.5 Å². The summed E-state index contributed by atoms with van der Waals surface area (Å²) in [5.41, 5.74) is 7.34. The van der Waals surface area contributed by atoms with E-state index in [1.807, 2.05) is 49.9 Å². The van der Waals surface area contributed by atoms with E-state index in [-0.39, 0.29) is 11.6 Å². The number of hydrogen-bond acceptors (Lipinski definition) is 2. The molecule has 0 aromatic heterocycles. The first kappa shape index (κ1) is 13.7. The molecule has 0 unspecified atom stereocenters. The Morgan fingerprint density at radius 3 is 2.37 bits per heavy atom. The summed E-state index contributed by atoms with van der Waals surface area (Å²) in [4.78, 5) is 14.2. The van der Waals surface area contributed by atoms with Gasteiger partial charge in [-0.15, -0.1) is 0 Å². The molecule has 0 aliphatic heterocycles. The number of urea groups is 1. The highest BCUT2D eigenvalue weighted by Gasteiger charge is 2.33. The summed E-state index contributed by atoms with van der Waals surface area (Å²) in [7, 11) is 0. The second kappa shape index (κ2) is 5.11. The van der Waals surface area contributed by atoms with E-state index in [1.54, 1.807) is 0 Å². The third-order valence-corrected chi connectivity index (χ3v) is 3.06. The van der Waals surface area contributed by atoms with Crippen molar-refractivity contribution in [3.63, 3.8) is 0 Å². The molecule has 1 aliphatic rings. The largest absolute Gasteiger partial charge is 0.399 e. The Hall–Kier alpha value is -1.71. The molecule has 0 bridgehead atoms. The lowest BCUT2D eigenvalue weighted by atomic mass is 10.1. The van der Waals surface area contributed by atoms with Crippen molar-refractivity contribution in [2.45, 2.75) is 51.7 Å². The molecule has 1 aromatic carbocycles. The molecule has 3 N–H and O–H groups in total. The minimum Gasteiger partial charge on any atom is -0.399 e. The molecule has 19 heavy (non-hydrogen) atoms. The molecule has 0 atom stereocenters. The van der Waals surface area contributed by atoms with E-state index in [9.17, 15) is 4.79 Å². The maximum absolute atomic E-state index is 12.3. The third-order valence-electron chi connectivity index (χ3n) is 3.06. The zero-order chi connectivity index (χ0) is 14.0. The molecule has 104 valence electrons. The molecule has 0 saturated heterocycles. The van der Waals surface area contributed by atoms with Crippen LogP contribution >= 0.6 is 0 Å². The first-order valence-corrected chi connectivity index (χ1v) is 6.78. The van der Waals surface area contributed by atoms with Crippen LogP contribution < -0.4 is 11.1 Å². The van der Waals surface area contributed by atoms with Gasteiger partial charge in [-0.25, -0.2) is 4.79 Å². The highest BCUT2D eigenvalue weighted by atomic mass is 16.2. The number of carbonyl (C=O) groups is 1. The molecule has 2 amide bonds. The van der Waals surface area contributed by atoms with Crippen molar-refractivity contribution in [2.24, 2.45) is 0 Å². The Labute approximate surface area is 115 Å². The summed E-state index contributed by atoms with van der Waals surface area (Å²) < 4.78 is 0. The van der Waals surface area contributed by atoms with Gasteiger partial charge in [-0.3, -0.25) is 0 Å². The number of amides is 2. The van der Waals surface area contributed by atoms with E-state index in [0.717, 1.165) is 24.1 Å². The fourth-order valence-corrected chi connectivity index (χ4v) is 1.97. The van der Waals surface area contributed by atoms with Gasteiger partial charge >= 0.3 is 6.03 Å². The normalized spacial score (nSPS) is 15.1. The molecule has 1 aromatic rings. The summed E-state index contributed by atoms with van der Waals surface area (Å²) in [5.74, 6) is 0. The molecule has 1 fully saturated rings. The molecular formula is C15H23N3O. The lowest BCUT2D eigenvalue weighted by Gasteiger charge is -2.28. The van der Waals surface area contributed by atoms with Crippen LogP contribution in [0.4, 0.5) is 10.5 Å². The average molecular weight is 261 g/mol. The first-order valence-electron chi connectivity index (χ1n) is 6.78. The smallest absolute Gasteiger partial charge is 0.318 e. The fraction of sp³-hybridized carbons (Fsp3) is 0.533. The van der Waals surface area contributed by atoms with Gasteiger partial charge in [0.15, 0.2) is 0 Å². The molecule has 0 heterocycles. The zero-order valence-electron chi connectivity index (χ0n) is 11.9. The van der Waals surface area contributed by atoms with E-state index in [4.69, 9.17) is 5.73 Å². The van der Waals surface area contributed by atoms with E-state index in [2.05, 4.69) is 5.32 Å². The van der Waals surface area contributed by atoms with Crippen molar-refractivity contribution in [1.29, 1.82) is 0 Å². The Morgan fingerprint density at radius 1 is 1.32 bits per heavy atom. The quantitative estimate of drug-likeness (QED) is 0.822. The van der Waals surface area contributed by atoms with E-state index in [0.29, 0.717) is 12.6 Å². The van der Waals surface area contributed by atoms with Crippen molar-refractivity contribution in [3.05, 3.63) is 29.8 Å². The summed E-state index contributed by atoms with van der Waals surface area (Å²) >= 11 is 0. The van der Waals surface area contributed by atoms with Crippen molar-refractivity contribution in [3.8, 4) is 0 Å². The monoisotopic (exact) mass is 261 g/mol. The number of carbonyl (C=O) groups excluding carboxylic acids is 1. The predicted octanol–water partition coefficient (Wildman–Crippen LogP) is 2.74. The fourth-order valence-electron chi connectivity index (χ4n) is 1.97. The number of anilines is 1. The minimum absolute atomic E-state index is 0.0202. The van der Waals surface area contributed by atoms with E-state index in [1.165, 1.54) is 0 Å². The molecule has 1 saturated carbocycles. The number of benzene rings is 1. The summed E-state index contributed by atoms with van der Waals surface area (Å²) in [6.45, 7) is 6.64. The summed E-state index contributed by atoms with van der Waals surface area (Å²) in [6, 6.07) is 8.13. The second-order valence-electron chi connectivity index (χ2n) is 6.28. The number of nitrogens with zero attached hydrogens (tertiary/aromatic N) is 1. The van der Waals surface area contributed by atoms with Crippen LogP contribution in [0.15, 0.2) is 24.3 Å². The number of rotatable bonds is 3. The van der Waals surface area contributed by atoms with Crippen LogP contribution in [0.5, 0.6) is 0 Å². The van der Waals surface area contributed by atoms with E-state index < -0.39 is 0 Å². The lowest BCUT2D eigenvalue weighted by Crippen LogP contribution is -2.49. The molecule has 1 aliphatic carbocycles. The maximum atomic E-state index is 12.3. The van der Waals surface area contributed by atoms with Crippen LogP contribution in [0.2, 0.25) is 0 Å². The highest BCUT2D eigenvalue weighted by molar-refractivity contribution is 5.75. The van der Waals surface area contributed by atoms with Gasteiger partial charge in [-0.1, -0.05) is 12.1 Å². The van der Waals surface area contributed by atoms with Crippen molar-refractivity contribution < 1.29 is 4.79 Å². The van der Waals surface area contributed by atoms with Gasteiger partial charge in [-0.05, 0) is 51.3 Å². The third kappa shape index (κ3) is 4.16. The number of nitrogens with two attached hydrogens (primary N) is 1. The molecule has 4 heteroatoms. The van der Waals surface area contributed by atoms with Gasteiger partial charge in [0.05, 0.1) is 0 Å². The Morgan fingerprint density at radius 2 is 1.89 bits per heavy atom. The minimum atomic E-state index is -0.203. The number of nitrogen functional groups attached to an aromatic ring is 1. The molecule has 0 radical (unpaired) electrons. The average Bonchev–Trinajstić information content (AvgIpc) is 3.09. The van der Waals surface area contributed by atoms with Gasteiger partial charge < -0.3 is 16.0 Å². The predicted molar refractivity (Wildman–Crippen MR) is 77.7 cm³/mol. The Balaban J connectivity index is 2.04. The molecule has 4 nitrogen and oxygen atoms in total. The zero-order valence-corrected chi connectivity index (χ0v) is 11.9. The number of nitrogens with one attached hydrogen (secondary N) is 1. The Bertz CT molecular complexity index is 443. The topological polar surface area (TPSA) is 58.4 Å². The number of hydrogen-bond donors (Lipinski definition) is 2. The first-order chi connectivity index (χ1) is 8.85. The van der Waals surface area contributed by atoms with Crippen LogP contribution in [0.3, 0.4) is 0 Å². The van der Waals surface area contributed by atoms with Crippen LogP contribution in [0.1, 0.15) is 39.2 Å². The maximum Gasteiger partial charge on any atom is 0.318 e. The van der Waals surface area contributed by atoms with Crippen molar-refractivity contribution in [1.82, 2.24) is 10.2 Å². The van der Waals surface area contributed by atoms with Gasteiger partial charge in [-0.2, -0.15) is 0 Å². The van der Waals surface area contributed by atoms with Crippen LogP contribution in [-0.2, 0) is 6.54 Å². The summed E-state index contributed by atoms with van der Waals surface area (Å²) in [6.07, 6.45) is 2.21.